The molecule has 0 bridgehead atoms. The Labute approximate surface area is 177 Å². The van der Waals surface area contributed by atoms with Gasteiger partial charge in [0, 0.05) is 18.2 Å². The molecule has 5 heteroatoms. The van der Waals surface area contributed by atoms with E-state index in [1.165, 1.54) is 19.3 Å². The Morgan fingerprint density at radius 1 is 1.03 bits per heavy atom. The summed E-state index contributed by atoms with van der Waals surface area (Å²) in [4.78, 5) is 15.2. The molecule has 0 saturated heterocycles. The molecule has 0 unspecified atom stereocenters. The zero-order chi connectivity index (χ0) is 20.3. The minimum absolute atomic E-state index is 0.0116. The standard InChI is InChI=1S/C25H27N3O2/c29-25(24-15-23(26-27-24)20-7-2-1-3-8-20)28(21-11-12-21)16-18-9-13-22(14-10-18)30-17-19-5-4-6-19/h1-3,7-10,13-15,19,21H,4-6,11-12,16-17H2,(H,26,27). The van der Waals surface area contributed by atoms with Gasteiger partial charge < -0.3 is 9.64 Å². The first-order valence-corrected chi connectivity index (χ1v) is 10.9. The number of aromatic nitrogens is 2. The van der Waals surface area contributed by atoms with E-state index in [4.69, 9.17) is 4.74 Å². The molecule has 1 N–H and O–H groups in total. The van der Waals surface area contributed by atoms with Crippen molar-refractivity contribution in [2.45, 2.75) is 44.7 Å². The van der Waals surface area contributed by atoms with E-state index in [9.17, 15) is 4.79 Å². The number of nitrogens with zero attached hydrogens (tertiary/aromatic N) is 2. The van der Waals surface area contributed by atoms with Crippen molar-refractivity contribution in [3.8, 4) is 17.0 Å². The molecule has 2 saturated carbocycles. The van der Waals surface area contributed by atoms with Gasteiger partial charge in [-0.3, -0.25) is 9.89 Å². The van der Waals surface area contributed by atoms with Gasteiger partial charge in [0.1, 0.15) is 11.4 Å². The summed E-state index contributed by atoms with van der Waals surface area (Å²) >= 11 is 0. The van der Waals surface area contributed by atoms with Crippen LogP contribution < -0.4 is 4.74 Å². The topological polar surface area (TPSA) is 58.2 Å². The molecule has 0 atom stereocenters. The monoisotopic (exact) mass is 401 g/mol. The van der Waals surface area contributed by atoms with Crippen molar-refractivity contribution in [2.75, 3.05) is 6.61 Å². The number of amides is 1. The lowest BCUT2D eigenvalue weighted by atomic mass is 9.86. The van der Waals surface area contributed by atoms with Crippen molar-refractivity contribution in [3.63, 3.8) is 0 Å². The zero-order valence-electron chi connectivity index (χ0n) is 17.1. The molecule has 2 aliphatic carbocycles. The van der Waals surface area contributed by atoms with Crippen LogP contribution in [-0.2, 0) is 6.54 Å². The van der Waals surface area contributed by atoms with E-state index in [1.807, 2.05) is 53.4 Å². The predicted octanol–water partition coefficient (Wildman–Crippen LogP) is 5.06. The van der Waals surface area contributed by atoms with Crippen LogP contribution in [0.2, 0.25) is 0 Å². The third-order valence-corrected chi connectivity index (χ3v) is 6.11. The van der Waals surface area contributed by atoms with Crippen LogP contribution in [0.5, 0.6) is 5.75 Å². The maximum absolute atomic E-state index is 13.2. The number of carbonyl (C=O) groups is 1. The van der Waals surface area contributed by atoms with Crippen LogP contribution in [0.15, 0.2) is 60.7 Å². The maximum Gasteiger partial charge on any atom is 0.272 e. The molecule has 5 rings (SSSR count). The molecule has 1 heterocycles. The lowest BCUT2D eigenvalue weighted by molar-refractivity contribution is 0.0724. The van der Waals surface area contributed by atoms with Crippen molar-refractivity contribution in [1.29, 1.82) is 0 Å². The largest absolute Gasteiger partial charge is 0.493 e. The second-order valence-corrected chi connectivity index (χ2v) is 8.45. The van der Waals surface area contributed by atoms with Crippen LogP contribution in [0.1, 0.15) is 48.2 Å². The fourth-order valence-corrected chi connectivity index (χ4v) is 3.86. The van der Waals surface area contributed by atoms with Crippen molar-refractivity contribution < 1.29 is 9.53 Å². The molecular weight excluding hydrogens is 374 g/mol. The number of hydrogen-bond donors (Lipinski definition) is 1. The zero-order valence-corrected chi connectivity index (χ0v) is 17.1. The number of carbonyl (C=O) groups excluding carboxylic acids is 1. The van der Waals surface area contributed by atoms with Crippen molar-refractivity contribution >= 4 is 5.91 Å². The second kappa shape index (κ2) is 8.34. The number of aromatic amines is 1. The molecular formula is C25H27N3O2. The van der Waals surface area contributed by atoms with Crippen LogP contribution in [0.4, 0.5) is 0 Å². The molecule has 1 aromatic heterocycles. The van der Waals surface area contributed by atoms with E-state index in [1.54, 1.807) is 0 Å². The van der Waals surface area contributed by atoms with Crippen molar-refractivity contribution in [2.24, 2.45) is 5.92 Å². The minimum atomic E-state index is 0.0116. The van der Waals surface area contributed by atoms with Crippen LogP contribution in [0, 0.1) is 5.92 Å². The van der Waals surface area contributed by atoms with E-state index in [2.05, 4.69) is 22.3 Å². The lowest BCUT2D eigenvalue weighted by Crippen LogP contribution is -2.32. The van der Waals surface area contributed by atoms with E-state index in [0.717, 1.165) is 47.9 Å². The van der Waals surface area contributed by atoms with Gasteiger partial charge in [-0.25, -0.2) is 0 Å². The molecule has 0 radical (unpaired) electrons. The summed E-state index contributed by atoms with van der Waals surface area (Å²) in [6.07, 6.45) is 6.04. The van der Waals surface area contributed by atoms with E-state index in [-0.39, 0.29) is 5.91 Å². The van der Waals surface area contributed by atoms with Gasteiger partial charge in [0.15, 0.2) is 0 Å². The highest BCUT2D eigenvalue weighted by Crippen LogP contribution is 2.31. The Balaban J connectivity index is 1.25. The second-order valence-electron chi connectivity index (χ2n) is 8.45. The van der Waals surface area contributed by atoms with E-state index in [0.29, 0.717) is 18.3 Å². The number of rotatable bonds is 8. The summed E-state index contributed by atoms with van der Waals surface area (Å²) in [5, 5.41) is 7.28. The highest BCUT2D eigenvalue weighted by Gasteiger charge is 2.34. The van der Waals surface area contributed by atoms with Gasteiger partial charge >= 0.3 is 0 Å². The molecule has 2 aliphatic rings. The number of nitrogens with one attached hydrogen (secondary N) is 1. The summed E-state index contributed by atoms with van der Waals surface area (Å²) in [5.41, 5.74) is 3.46. The Kier molecular flexibility index (Phi) is 5.26. The first-order chi connectivity index (χ1) is 14.8. The summed E-state index contributed by atoms with van der Waals surface area (Å²) in [6, 6.07) is 20.3. The van der Waals surface area contributed by atoms with Gasteiger partial charge in [-0.2, -0.15) is 5.10 Å². The highest BCUT2D eigenvalue weighted by atomic mass is 16.5. The molecule has 5 nitrogen and oxygen atoms in total. The molecule has 0 aliphatic heterocycles. The fourth-order valence-electron chi connectivity index (χ4n) is 3.86. The highest BCUT2D eigenvalue weighted by molar-refractivity contribution is 5.93. The van der Waals surface area contributed by atoms with Gasteiger partial charge in [0.25, 0.3) is 5.91 Å². The van der Waals surface area contributed by atoms with Crippen molar-refractivity contribution in [1.82, 2.24) is 15.1 Å². The van der Waals surface area contributed by atoms with Crippen LogP contribution >= 0.6 is 0 Å². The fraction of sp³-hybridized carbons (Fsp3) is 0.360. The number of H-pyrrole nitrogens is 1. The number of ether oxygens (including phenoxy) is 1. The molecule has 0 spiro atoms. The maximum atomic E-state index is 13.2. The Morgan fingerprint density at radius 3 is 2.47 bits per heavy atom. The summed E-state index contributed by atoms with van der Waals surface area (Å²) in [7, 11) is 0. The summed E-state index contributed by atoms with van der Waals surface area (Å²) < 4.78 is 5.90. The third kappa shape index (κ3) is 4.25. The van der Waals surface area contributed by atoms with Crippen LogP contribution in [-0.4, -0.2) is 33.7 Å². The van der Waals surface area contributed by atoms with Gasteiger partial charge in [-0.15, -0.1) is 0 Å². The third-order valence-electron chi connectivity index (χ3n) is 6.11. The molecule has 154 valence electrons. The smallest absolute Gasteiger partial charge is 0.272 e. The Bertz CT molecular complexity index is 989. The van der Waals surface area contributed by atoms with Crippen molar-refractivity contribution in [3.05, 3.63) is 71.9 Å². The number of benzene rings is 2. The van der Waals surface area contributed by atoms with Crippen LogP contribution in [0.3, 0.4) is 0 Å². The Morgan fingerprint density at radius 2 is 1.80 bits per heavy atom. The molecule has 1 amide bonds. The SMILES string of the molecule is O=C(c1cc(-c2ccccc2)n[nH]1)N(Cc1ccc(OCC2CCC2)cc1)C1CC1. The molecule has 30 heavy (non-hydrogen) atoms. The average molecular weight is 402 g/mol. The quantitative estimate of drug-likeness (QED) is 0.574. The normalized spacial score (nSPS) is 16.1. The summed E-state index contributed by atoms with van der Waals surface area (Å²) in [5.74, 6) is 1.65. The van der Waals surface area contributed by atoms with E-state index >= 15 is 0 Å². The molecule has 3 aromatic rings. The van der Waals surface area contributed by atoms with Gasteiger partial charge in [0.05, 0.1) is 12.3 Å². The Hall–Kier alpha value is -3.08. The first-order valence-electron chi connectivity index (χ1n) is 10.9. The summed E-state index contributed by atoms with van der Waals surface area (Å²) in [6.45, 7) is 1.42. The van der Waals surface area contributed by atoms with E-state index < -0.39 is 0 Å². The first kappa shape index (κ1) is 18.9. The van der Waals surface area contributed by atoms with Gasteiger partial charge in [-0.05, 0) is 55.4 Å². The van der Waals surface area contributed by atoms with Gasteiger partial charge in [-0.1, -0.05) is 48.9 Å². The minimum Gasteiger partial charge on any atom is -0.493 e. The predicted molar refractivity (Wildman–Crippen MR) is 116 cm³/mol. The lowest BCUT2D eigenvalue weighted by Gasteiger charge is -2.25. The average Bonchev–Trinajstić information content (AvgIpc) is 3.47. The molecule has 2 aromatic carbocycles. The van der Waals surface area contributed by atoms with Crippen LogP contribution in [0.25, 0.3) is 11.3 Å². The molecule has 2 fully saturated rings. The van der Waals surface area contributed by atoms with Gasteiger partial charge in [0.2, 0.25) is 0 Å². The number of hydrogen-bond acceptors (Lipinski definition) is 3.